The van der Waals surface area contributed by atoms with Crippen LogP contribution in [-0.4, -0.2) is 31.8 Å². The van der Waals surface area contributed by atoms with Gasteiger partial charge in [0.25, 0.3) is 0 Å². The highest BCUT2D eigenvalue weighted by atomic mass is 35.5. The Bertz CT molecular complexity index is 434. The quantitative estimate of drug-likeness (QED) is 0.906. The molecule has 0 radical (unpaired) electrons. The van der Waals surface area contributed by atoms with Crippen molar-refractivity contribution < 1.29 is 4.74 Å². The highest BCUT2D eigenvalue weighted by Crippen LogP contribution is 2.29. The third-order valence-electron chi connectivity index (χ3n) is 3.71. The minimum Gasteiger partial charge on any atom is -0.377 e. The van der Waals surface area contributed by atoms with Crippen molar-refractivity contribution in [1.29, 1.82) is 0 Å². The van der Waals surface area contributed by atoms with E-state index in [1.54, 1.807) is 0 Å². The molecule has 0 amide bonds. The maximum atomic E-state index is 6.18. The zero-order valence-electron chi connectivity index (χ0n) is 12.4. The van der Waals surface area contributed by atoms with E-state index < -0.39 is 0 Å². The normalized spacial score (nSPS) is 21.0. The van der Waals surface area contributed by atoms with Gasteiger partial charge in [-0.15, -0.1) is 0 Å². The number of hydrogen-bond donors (Lipinski definition) is 1. The summed E-state index contributed by atoms with van der Waals surface area (Å²) in [6.45, 7) is 6.88. The maximum Gasteiger partial charge on any atom is 0.0750 e. The molecule has 0 spiro atoms. The molecular weight excluding hydrogens is 272 g/mol. The third-order valence-corrected chi connectivity index (χ3v) is 3.95. The third kappa shape index (κ3) is 4.11. The van der Waals surface area contributed by atoms with Crippen molar-refractivity contribution in [1.82, 2.24) is 0 Å². The van der Waals surface area contributed by atoms with Gasteiger partial charge in [0.2, 0.25) is 0 Å². The van der Waals surface area contributed by atoms with Gasteiger partial charge >= 0.3 is 0 Å². The lowest BCUT2D eigenvalue weighted by Gasteiger charge is -2.35. The molecule has 4 heteroatoms. The lowest BCUT2D eigenvalue weighted by Crippen LogP contribution is -2.40. The fourth-order valence-corrected chi connectivity index (χ4v) is 3.05. The van der Waals surface area contributed by atoms with Gasteiger partial charge in [-0.3, -0.25) is 0 Å². The molecule has 1 fully saturated rings. The fourth-order valence-electron chi connectivity index (χ4n) is 2.88. The van der Waals surface area contributed by atoms with Crippen LogP contribution in [0.4, 0.5) is 5.69 Å². The molecule has 1 saturated heterocycles. The van der Waals surface area contributed by atoms with Crippen molar-refractivity contribution >= 4 is 17.3 Å². The molecule has 1 heterocycles. The van der Waals surface area contributed by atoms with E-state index in [4.69, 9.17) is 22.1 Å². The van der Waals surface area contributed by atoms with Crippen molar-refractivity contribution in [2.45, 2.75) is 45.3 Å². The molecule has 0 bridgehead atoms. The van der Waals surface area contributed by atoms with E-state index in [9.17, 15) is 0 Å². The first kappa shape index (κ1) is 15.6. The molecule has 0 saturated carbocycles. The number of nitrogens with two attached hydrogens (primary N) is 1. The summed E-state index contributed by atoms with van der Waals surface area (Å²) in [6.07, 6.45) is 3.51. The minimum absolute atomic E-state index is 0.155. The number of piperidine rings is 1. The van der Waals surface area contributed by atoms with Crippen molar-refractivity contribution in [2.24, 2.45) is 5.73 Å². The van der Waals surface area contributed by atoms with Crippen molar-refractivity contribution in [2.75, 3.05) is 24.6 Å². The molecule has 2 N–H and O–H groups in total. The average Bonchev–Trinajstić information content (AvgIpc) is 2.41. The molecule has 1 aromatic rings. The number of hydrogen-bond acceptors (Lipinski definition) is 3. The molecule has 0 aromatic heterocycles. The number of rotatable bonds is 5. The van der Waals surface area contributed by atoms with Gasteiger partial charge in [-0.25, -0.2) is 0 Å². The summed E-state index contributed by atoms with van der Waals surface area (Å²) in [4.78, 5) is 2.40. The van der Waals surface area contributed by atoms with Crippen LogP contribution in [0.1, 0.15) is 32.3 Å². The first-order chi connectivity index (χ1) is 9.60. The van der Waals surface area contributed by atoms with Gasteiger partial charge in [-0.2, -0.15) is 0 Å². The predicted octanol–water partition coefficient (Wildman–Crippen LogP) is 3.24. The first-order valence-corrected chi connectivity index (χ1v) is 7.88. The second-order valence-electron chi connectivity index (χ2n) is 5.62. The Morgan fingerprint density at radius 2 is 2.30 bits per heavy atom. The fraction of sp³-hybridized carbons (Fsp3) is 0.625. The second-order valence-corrected chi connectivity index (χ2v) is 6.06. The molecule has 1 aromatic carbocycles. The number of benzene rings is 1. The van der Waals surface area contributed by atoms with Gasteiger partial charge in [0.1, 0.15) is 0 Å². The summed E-state index contributed by atoms with van der Waals surface area (Å²) in [5.41, 5.74) is 8.46. The minimum atomic E-state index is 0.155. The monoisotopic (exact) mass is 296 g/mol. The maximum absolute atomic E-state index is 6.18. The van der Waals surface area contributed by atoms with E-state index in [0.29, 0.717) is 6.10 Å². The van der Waals surface area contributed by atoms with Gasteiger partial charge in [0.05, 0.1) is 6.10 Å². The molecule has 20 heavy (non-hydrogen) atoms. The summed E-state index contributed by atoms with van der Waals surface area (Å²) in [6, 6.07) is 6.27. The Kier molecular flexibility index (Phi) is 5.70. The molecular formula is C16H25ClN2O. The van der Waals surface area contributed by atoms with Crippen LogP contribution in [0.15, 0.2) is 18.2 Å². The lowest BCUT2D eigenvalue weighted by molar-refractivity contribution is 0.0526. The van der Waals surface area contributed by atoms with E-state index in [2.05, 4.69) is 24.0 Å². The van der Waals surface area contributed by atoms with Crippen LogP contribution < -0.4 is 10.6 Å². The smallest absolute Gasteiger partial charge is 0.0750 e. The van der Waals surface area contributed by atoms with Gasteiger partial charge in [-0.1, -0.05) is 17.7 Å². The van der Waals surface area contributed by atoms with Crippen LogP contribution in [0, 0.1) is 0 Å². The number of anilines is 1. The van der Waals surface area contributed by atoms with Gasteiger partial charge < -0.3 is 15.4 Å². The van der Waals surface area contributed by atoms with E-state index in [-0.39, 0.29) is 6.04 Å². The Balaban J connectivity index is 2.19. The van der Waals surface area contributed by atoms with Crippen LogP contribution in [0.5, 0.6) is 0 Å². The summed E-state index contributed by atoms with van der Waals surface area (Å²) < 4.78 is 5.79. The van der Waals surface area contributed by atoms with Gasteiger partial charge in [0.15, 0.2) is 0 Å². The number of nitrogens with zero attached hydrogens (tertiary/aromatic N) is 1. The summed E-state index contributed by atoms with van der Waals surface area (Å²) in [5, 5.41) is 0.784. The zero-order valence-corrected chi connectivity index (χ0v) is 13.2. The highest BCUT2D eigenvalue weighted by Gasteiger charge is 2.22. The molecule has 2 rings (SSSR count). The Morgan fingerprint density at radius 3 is 3.00 bits per heavy atom. The molecule has 2 atom stereocenters. The average molecular weight is 297 g/mol. The predicted molar refractivity (Wildman–Crippen MR) is 85.7 cm³/mol. The molecule has 1 aliphatic rings. The second kappa shape index (κ2) is 7.30. The van der Waals surface area contributed by atoms with Crippen LogP contribution in [0.2, 0.25) is 5.02 Å². The van der Waals surface area contributed by atoms with Crippen molar-refractivity contribution in [3.63, 3.8) is 0 Å². The molecule has 0 aliphatic carbocycles. The largest absolute Gasteiger partial charge is 0.377 e. The molecule has 2 unspecified atom stereocenters. The summed E-state index contributed by atoms with van der Waals surface area (Å²) in [7, 11) is 0. The van der Waals surface area contributed by atoms with Crippen LogP contribution in [-0.2, 0) is 11.2 Å². The standard InChI is InChI=1S/C16H25ClN2O/c1-3-20-15-5-4-8-19(11-15)16-10-14(17)7-6-13(16)9-12(2)18/h6-7,10,12,15H,3-5,8-9,11,18H2,1-2H3. The Hall–Kier alpha value is -0.770. The van der Waals surface area contributed by atoms with Crippen molar-refractivity contribution in [3.05, 3.63) is 28.8 Å². The number of halogens is 1. The van der Waals surface area contributed by atoms with E-state index in [1.807, 2.05) is 13.0 Å². The highest BCUT2D eigenvalue weighted by molar-refractivity contribution is 6.30. The molecule has 112 valence electrons. The zero-order chi connectivity index (χ0) is 14.5. The first-order valence-electron chi connectivity index (χ1n) is 7.50. The Morgan fingerprint density at radius 1 is 1.50 bits per heavy atom. The van der Waals surface area contributed by atoms with E-state index >= 15 is 0 Å². The van der Waals surface area contributed by atoms with Crippen LogP contribution >= 0.6 is 11.6 Å². The lowest BCUT2D eigenvalue weighted by atomic mass is 10.0. The summed E-state index contributed by atoms with van der Waals surface area (Å²) >= 11 is 6.18. The molecule has 1 aliphatic heterocycles. The van der Waals surface area contributed by atoms with E-state index in [0.717, 1.165) is 44.0 Å². The van der Waals surface area contributed by atoms with Crippen molar-refractivity contribution in [3.8, 4) is 0 Å². The van der Waals surface area contributed by atoms with Gasteiger partial charge in [-0.05, 0) is 50.8 Å². The summed E-state index contributed by atoms with van der Waals surface area (Å²) in [5.74, 6) is 0. The molecule has 3 nitrogen and oxygen atoms in total. The van der Waals surface area contributed by atoms with Crippen LogP contribution in [0.3, 0.4) is 0 Å². The Labute approximate surface area is 127 Å². The van der Waals surface area contributed by atoms with E-state index in [1.165, 1.54) is 11.3 Å². The number of ether oxygens (including phenoxy) is 1. The van der Waals surface area contributed by atoms with Gasteiger partial charge in [0, 0.05) is 36.4 Å². The topological polar surface area (TPSA) is 38.5 Å². The van der Waals surface area contributed by atoms with Crippen LogP contribution in [0.25, 0.3) is 0 Å². The SMILES string of the molecule is CCOC1CCCN(c2cc(Cl)ccc2CC(C)N)C1.